The second-order valence-electron chi connectivity index (χ2n) is 3.99. The van der Waals surface area contributed by atoms with Crippen molar-refractivity contribution in [2.45, 2.75) is 20.0 Å². The van der Waals surface area contributed by atoms with Gasteiger partial charge >= 0.3 is 0 Å². The zero-order valence-electron chi connectivity index (χ0n) is 11.3. The molecular formula is C13H22N2O4. The number of pyridine rings is 1. The zero-order valence-corrected chi connectivity index (χ0v) is 11.3. The van der Waals surface area contributed by atoms with Crippen LogP contribution in [0.4, 0.5) is 0 Å². The minimum absolute atomic E-state index is 0.134. The van der Waals surface area contributed by atoms with Gasteiger partial charge in [-0.2, -0.15) is 0 Å². The van der Waals surface area contributed by atoms with Crippen LogP contribution in [0.15, 0.2) is 17.1 Å². The monoisotopic (exact) mass is 270 g/mol. The van der Waals surface area contributed by atoms with Crippen LogP contribution in [0, 0.1) is 0 Å². The molecule has 0 bridgehead atoms. The fraction of sp³-hybridized carbons (Fsp3) is 0.615. The molecule has 1 aromatic heterocycles. The van der Waals surface area contributed by atoms with Crippen molar-refractivity contribution >= 4 is 0 Å². The average Bonchev–Trinajstić information content (AvgIpc) is 2.42. The van der Waals surface area contributed by atoms with Gasteiger partial charge in [0, 0.05) is 24.5 Å². The number of aromatic nitrogens is 1. The van der Waals surface area contributed by atoms with E-state index in [2.05, 4.69) is 4.98 Å². The Hall–Kier alpha value is -1.37. The van der Waals surface area contributed by atoms with Crippen LogP contribution >= 0.6 is 0 Å². The van der Waals surface area contributed by atoms with E-state index in [4.69, 9.17) is 19.9 Å². The molecule has 0 fully saturated rings. The minimum atomic E-state index is -0.134. The highest BCUT2D eigenvalue weighted by molar-refractivity contribution is 5.19. The lowest BCUT2D eigenvalue weighted by Gasteiger charge is -2.07. The fourth-order valence-corrected chi connectivity index (χ4v) is 1.39. The maximum Gasteiger partial charge on any atom is 0.223 e. The number of H-pyrrole nitrogens is 1. The molecule has 0 atom stereocenters. The molecule has 6 nitrogen and oxygen atoms in total. The summed E-state index contributed by atoms with van der Waals surface area (Å²) in [6.07, 6.45) is 2.44. The van der Waals surface area contributed by atoms with Gasteiger partial charge in [-0.3, -0.25) is 4.79 Å². The molecule has 0 amide bonds. The van der Waals surface area contributed by atoms with Gasteiger partial charge < -0.3 is 24.9 Å². The number of hydrogen-bond donors (Lipinski definition) is 2. The van der Waals surface area contributed by atoms with Crippen LogP contribution in [0.1, 0.15) is 19.0 Å². The molecule has 1 heterocycles. The zero-order chi connectivity index (χ0) is 13.9. The van der Waals surface area contributed by atoms with Crippen LogP contribution in [-0.4, -0.2) is 38.0 Å². The van der Waals surface area contributed by atoms with E-state index in [0.717, 1.165) is 6.42 Å². The van der Waals surface area contributed by atoms with Crippen LogP contribution in [0.3, 0.4) is 0 Å². The van der Waals surface area contributed by atoms with Crippen molar-refractivity contribution in [3.8, 4) is 5.75 Å². The SMILES string of the molecule is CCCOc1c[nH]c(COCCOCCN)cc1=O. The number of ether oxygens (including phenoxy) is 3. The van der Waals surface area contributed by atoms with E-state index >= 15 is 0 Å². The average molecular weight is 270 g/mol. The van der Waals surface area contributed by atoms with Crippen molar-refractivity contribution < 1.29 is 14.2 Å². The van der Waals surface area contributed by atoms with Gasteiger partial charge in [0.05, 0.1) is 33.0 Å². The van der Waals surface area contributed by atoms with Gasteiger partial charge in [-0.15, -0.1) is 0 Å². The highest BCUT2D eigenvalue weighted by atomic mass is 16.5. The summed E-state index contributed by atoms with van der Waals surface area (Å²) in [6.45, 7) is 4.88. The lowest BCUT2D eigenvalue weighted by Crippen LogP contribution is -2.13. The second-order valence-corrected chi connectivity index (χ2v) is 3.99. The third-order valence-corrected chi connectivity index (χ3v) is 2.29. The number of aromatic amines is 1. The van der Waals surface area contributed by atoms with Gasteiger partial charge in [0.15, 0.2) is 5.75 Å². The Balaban J connectivity index is 2.31. The van der Waals surface area contributed by atoms with E-state index in [0.29, 0.717) is 51.0 Å². The Morgan fingerprint density at radius 3 is 2.68 bits per heavy atom. The van der Waals surface area contributed by atoms with E-state index < -0.39 is 0 Å². The van der Waals surface area contributed by atoms with Gasteiger partial charge in [0.1, 0.15) is 0 Å². The fourth-order valence-electron chi connectivity index (χ4n) is 1.39. The van der Waals surface area contributed by atoms with Crippen molar-refractivity contribution in [3.05, 3.63) is 28.2 Å². The Labute approximate surface area is 112 Å². The Bertz CT molecular complexity index is 406. The predicted molar refractivity (Wildman–Crippen MR) is 72.4 cm³/mol. The number of nitrogens with one attached hydrogen (secondary N) is 1. The maximum atomic E-state index is 11.7. The second kappa shape index (κ2) is 9.55. The van der Waals surface area contributed by atoms with Crippen LogP contribution in [0.5, 0.6) is 5.75 Å². The molecule has 0 aliphatic rings. The standard InChI is InChI=1S/C13H22N2O4/c1-2-4-19-13-9-15-11(8-12(13)16)10-18-7-6-17-5-3-14/h8-9H,2-7,10,14H2,1H3,(H,15,16). The van der Waals surface area contributed by atoms with Crippen LogP contribution in [0.25, 0.3) is 0 Å². The summed E-state index contributed by atoms with van der Waals surface area (Å²) in [5.74, 6) is 0.344. The van der Waals surface area contributed by atoms with E-state index in [1.54, 1.807) is 6.20 Å². The first-order valence-corrected chi connectivity index (χ1v) is 6.48. The van der Waals surface area contributed by atoms with E-state index in [9.17, 15) is 4.79 Å². The van der Waals surface area contributed by atoms with Gasteiger partial charge in [-0.1, -0.05) is 6.92 Å². The van der Waals surface area contributed by atoms with E-state index in [1.165, 1.54) is 6.07 Å². The maximum absolute atomic E-state index is 11.7. The summed E-state index contributed by atoms with van der Waals surface area (Å²) >= 11 is 0. The molecule has 1 rings (SSSR count). The topological polar surface area (TPSA) is 86.6 Å². The first-order chi connectivity index (χ1) is 9.27. The van der Waals surface area contributed by atoms with Crippen molar-refractivity contribution in [1.29, 1.82) is 0 Å². The molecule has 0 aromatic carbocycles. The number of rotatable bonds is 10. The Morgan fingerprint density at radius 2 is 2.00 bits per heavy atom. The summed E-state index contributed by atoms with van der Waals surface area (Å²) in [7, 11) is 0. The minimum Gasteiger partial charge on any atom is -0.488 e. The van der Waals surface area contributed by atoms with Crippen LogP contribution in [0.2, 0.25) is 0 Å². The molecular weight excluding hydrogens is 248 g/mol. The normalized spacial score (nSPS) is 10.6. The number of hydrogen-bond acceptors (Lipinski definition) is 5. The summed E-state index contributed by atoms with van der Waals surface area (Å²) in [4.78, 5) is 14.7. The van der Waals surface area contributed by atoms with Crippen LogP contribution < -0.4 is 15.9 Å². The van der Waals surface area contributed by atoms with E-state index in [1.807, 2.05) is 6.92 Å². The molecule has 0 unspecified atom stereocenters. The predicted octanol–water partition coefficient (Wildman–Crippen LogP) is 0.656. The molecule has 3 N–H and O–H groups in total. The lowest BCUT2D eigenvalue weighted by molar-refractivity contribution is 0.0421. The van der Waals surface area contributed by atoms with Crippen molar-refractivity contribution in [2.24, 2.45) is 5.73 Å². The van der Waals surface area contributed by atoms with Gasteiger partial charge in [-0.25, -0.2) is 0 Å². The summed E-state index contributed by atoms with van der Waals surface area (Å²) in [5.41, 5.74) is 5.86. The number of nitrogens with two attached hydrogens (primary N) is 1. The van der Waals surface area contributed by atoms with Crippen molar-refractivity contribution in [1.82, 2.24) is 4.98 Å². The molecule has 108 valence electrons. The lowest BCUT2D eigenvalue weighted by atomic mass is 10.3. The Morgan fingerprint density at radius 1 is 1.21 bits per heavy atom. The highest BCUT2D eigenvalue weighted by Crippen LogP contribution is 2.03. The summed E-state index contributed by atoms with van der Waals surface area (Å²) in [6, 6.07) is 1.49. The summed E-state index contributed by atoms with van der Waals surface area (Å²) < 4.78 is 15.8. The summed E-state index contributed by atoms with van der Waals surface area (Å²) in [5, 5.41) is 0. The first kappa shape index (κ1) is 15.7. The van der Waals surface area contributed by atoms with Gasteiger partial charge in [0.2, 0.25) is 5.43 Å². The Kier molecular flexibility index (Phi) is 7.88. The molecule has 0 aliphatic heterocycles. The van der Waals surface area contributed by atoms with Gasteiger partial charge in [-0.05, 0) is 6.42 Å². The smallest absolute Gasteiger partial charge is 0.223 e. The third-order valence-electron chi connectivity index (χ3n) is 2.29. The third kappa shape index (κ3) is 6.37. The molecule has 0 aliphatic carbocycles. The van der Waals surface area contributed by atoms with Crippen molar-refractivity contribution in [2.75, 3.05) is 33.0 Å². The largest absolute Gasteiger partial charge is 0.488 e. The molecule has 6 heteroatoms. The molecule has 1 aromatic rings. The molecule has 0 spiro atoms. The quantitative estimate of drug-likeness (QED) is 0.610. The molecule has 0 saturated heterocycles. The van der Waals surface area contributed by atoms with E-state index in [-0.39, 0.29) is 5.43 Å². The van der Waals surface area contributed by atoms with Crippen molar-refractivity contribution in [3.63, 3.8) is 0 Å². The molecule has 19 heavy (non-hydrogen) atoms. The van der Waals surface area contributed by atoms with Crippen LogP contribution in [-0.2, 0) is 16.1 Å². The molecule has 0 saturated carbocycles. The molecule has 0 radical (unpaired) electrons. The van der Waals surface area contributed by atoms with Gasteiger partial charge in [0.25, 0.3) is 0 Å². The first-order valence-electron chi connectivity index (χ1n) is 6.48. The highest BCUT2D eigenvalue weighted by Gasteiger charge is 2.02.